The SMILES string of the molecule is O=C1c2ccccc2CSN1CCCN1CCC(Cc2ccccc2)CC1. The third-order valence-corrected chi connectivity index (χ3v) is 6.86. The van der Waals surface area contributed by atoms with Crippen LogP contribution in [0.5, 0.6) is 0 Å². The van der Waals surface area contributed by atoms with E-state index in [1.54, 1.807) is 11.9 Å². The third kappa shape index (κ3) is 4.74. The van der Waals surface area contributed by atoms with E-state index in [-0.39, 0.29) is 5.91 Å². The van der Waals surface area contributed by atoms with Gasteiger partial charge in [0.25, 0.3) is 5.91 Å². The van der Waals surface area contributed by atoms with E-state index < -0.39 is 0 Å². The molecule has 2 aliphatic heterocycles. The fourth-order valence-electron chi connectivity index (χ4n) is 4.16. The largest absolute Gasteiger partial charge is 0.303 e. The number of amides is 1. The molecule has 0 aliphatic carbocycles. The molecule has 0 atom stereocenters. The maximum atomic E-state index is 12.6. The van der Waals surface area contributed by atoms with Crippen LogP contribution in [0.3, 0.4) is 0 Å². The molecule has 0 radical (unpaired) electrons. The summed E-state index contributed by atoms with van der Waals surface area (Å²) in [5, 5.41) is 0. The Morgan fingerprint density at radius 2 is 1.67 bits per heavy atom. The number of likely N-dealkylation sites (tertiary alicyclic amines) is 1. The van der Waals surface area contributed by atoms with E-state index in [1.807, 2.05) is 22.5 Å². The smallest absolute Gasteiger partial charge is 0.264 e. The van der Waals surface area contributed by atoms with Gasteiger partial charge in [0.15, 0.2) is 0 Å². The Kier molecular flexibility index (Phi) is 6.15. The highest BCUT2D eigenvalue weighted by atomic mass is 32.2. The maximum absolute atomic E-state index is 12.6. The Bertz CT molecular complexity index is 756. The lowest BCUT2D eigenvalue weighted by Gasteiger charge is -2.33. The molecule has 0 spiro atoms. The van der Waals surface area contributed by atoms with E-state index in [1.165, 1.54) is 43.5 Å². The average molecular weight is 381 g/mol. The van der Waals surface area contributed by atoms with Crippen molar-refractivity contribution in [3.63, 3.8) is 0 Å². The molecule has 1 saturated heterocycles. The average Bonchev–Trinajstić information content (AvgIpc) is 2.72. The zero-order valence-corrected chi connectivity index (χ0v) is 16.7. The predicted octanol–water partition coefficient (Wildman–Crippen LogP) is 4.64. The zero-order chi connectivity index (χ0) is 18.5. The van der Waals surface area contributed by atoms with Gasteiger partial charge in [-0.05, 0) is 80.4 Å². The molecule has 0 saturated carbocycles. The van der Waals surface area contributed by atoms with Gasteiger partial charge in [-0.1, -0.05) is 48.5 Å². The van der Waals surface area contributed by atoms with Crippen molar-refractivity contribution in [1.29, 1.82) is 0 Å². The van der Waals surface area contributed by atoms with Gasteiger partial charge in [-0.25, -0.2) is 0 Å². The quantitative estimate of drug-likeness (QED) is 0.683. The summed E-state index contributed by atoms with van der Waals surface area (Å²) in [5.41, 5.74) is 3.53. The summed E-state index contributed by atoms with van der Waals surface area (Å²) in [6.07, 6.45) is 4.86. The van der Waals surface area contributed by atoms with Crippen LogP contribution in [-0.2, 0) is 12.2 Å². The Labute approximate surface area is 166 Å². The molecule has 3 nitrogen and oxygen atoms in total. The minimum atomic E-state index is 0.184. The van der Waals surface area contributed by atoms with Crippen LogP contribution in [0, 0.1) is 5.92 Å². The van der Waals surface area contributed by atoms with E-state index in [4.69, 9.17) is 0 Å². The van der Waals surface area contributed by atoms with E-state index in [0.29, 0.717) is 0 Å². The van der Waals surface area contributed by atoms with Crippen LogP contribution in [0.1, 0.15) is 40.7 Å². The van der Waals surface area contributed by atoms with Gasteiger partial charge in [-0.2, -0.15) is 0 Å². The van der Waals surface area contributed by atoms with Gasteiger partial charge in [0.2, 0.25) is 0 Å². The van der Waals surface area contributed by atoms with Gasteiger partial charge in [-0.15, -0.1) is 0 Å². The number of carbonyl (C=O) groups is 1. The lowest BCUT2D eigenvalue weighted by atomic mass is 9.90. The standard InChI is InChI=1S/C23H28N2OS/c26-23-22-10-5-4-9-21(22)18-27-25(23)14-6-13-24-15-11-20(12-16-24)17-19-7-2-1-3-8-19/h1-5,7-10,20H,6,11-18H2. The number of hydrogen-bond donors (Lipinski definition) is 0. The van der Waals surface area contributed by atoms with Gasteiger partial charge in [0.05, 0.1) is 0 Å². The number of hydrogen-bond acceptors (Lipinski definition) is 3. The summed E-state index contributed by atoms with van der Waals surface area (Å²) in [4.78, 5) is 15.2. The van der Waals surface area contributed by atoms with Crippen molar-refractivity contribution in [2.24, 2.45) is 5.92 Å². The molecule has 1 fully saturated rings. The van der Waals surface area contributed by atoms with E-state index in [2.05, 4.69) is 41.3 Å². The van der Waals surface area contributed by atoms with Crippen molar-refractivity contribution >= 4 is 17.9 Å². The normalized spacial score (nSPS) is 18.5. The summed E-state index contributed by atoms with van der Waals surface area (Å²) in [7, 11) is 0. The second-order valence-electron chi connectivity index (χ2n) is 7.67. The zero-order valence-electron chi connectivity index (χ0n) is 15.8. The Hall–Kier alpha value is -1.78. The minimum absolute atomic E-state index is 0.184. The van der Waals surface area contributed by atoms with Gasteiger partial charge < -0.3 is 4.90 Å². The Morgan fingerprint density at radius 1 is 0.926 bits per heavy atom. The molecule has 2 aliphatic rings. The van der Waals surface area contributed by atoms with Crippen LogP contribution >= 0.6 is 11.9 Å². The number of benzene rings is 2. The van der Waals surface area contributed by atoms with Gasteiger partial charge >= 0.3 is 0 Å². The second kappa shape index (κ2) is 8.94. The summed E-state index contributed by atoms with van der Waals surface area (Å²) < 4.78 is 1.96. The molecular weight excluding hydrogens is 352 g/mol. The van der Waals surface area contributed by atoms with Crippen molar-refractivity contribution < 1.29 is 4.79 Å². The van der Waals surface area contributed by atoms with Crippen molar-refractivity contribution in [3.05, 3.63) is 71.3 Å². The molecule has 0 bridgehead atoms. The molecule has 2 aromatic carbocycles. The third-order valence-electron chi connectivity index (χ3n) is 5.76. The van der Waals surface area contributed by atoms with Crippen LogP contribution < -0.4 is 0 Å². The first-order valence-corrected chi connectivity index (χ1v) is 11.0. The monoisotopic (exact) mass is 380 g/mol. The first-order chi connectivity index (χ1) is 13.3. The Morgan fingerprint density at radius 3 is 2.48 bits per heavy atom. The van der Waals surface area contributed by atoms with Crippen LogP contribution in [0.4, 0.5) is 0 Å². The molecule has 2 aromatic rings. The molecule has 4 heteroatoms. The fraction of sp³-hybridized carbons (Fsp3) is 0.435. The van der Waals surface area contributed by atoms with Crippen molar-refractivity contribution in [2.75, 3.05) is 26.2 Å². The highest BCUT2D eigenvalue weighted by Crippen LogP contribution is 2.29. The van der Waals surface area contributed by atoms with Crippen molar-refractivity contribution in [2.45, 2.75) is 31.4 Å². The maximum Gasteiger partial charge on any atom is 0.264 e. The van der Waals surface area contributed by atoms with Crippen molar-refractivity contribution in [1.82, 2.24) is 9.21 Å². The second-order valence-corrected chi connectivity index (χ2v) is 8.65. The summed E-state index contributed by atoms with van der Waals surface area (Å²) >= 11 is 1.67. The lowest BCUT2D eigenvalue weighted by molar-refractivity contribution is 0.0861. The number of rotatable bonds is 6. The first-order valence-electron chi connectivity index (χ1n) is 10.1. The molecule has 1 amide bonds. The Balaban J connectivity index is 1.18. The predicted molar refractivity (Wildman–Crippen MR) is 113 cm³/mol. The fourth-order valence-corrected chi connectivity index (χ4v) is 5.18. The topological polar surface area (TPSA) is 23.6 Å². The number of piperidine rings is 1. The summed E-state index contributed by atoms with van der Waals surface area (Å²) in [6, 6.07) is 18.9. The lowest BCUT2D eigenvalue weighted by Crippen LogP contribution is -2.37. The molecule has 2 heterocycles. The van der Waals surface area contributed by atoms with Gasteiger partial charge in [-0.3, -0.25) is 9.10 Å². The van der Waals surface area contributed by atoms with E-state index in [0.717, 1.165) is 36.7 Å². The van der Waals surface area contributed by atoms with Crippen LogP contribution in [-0.4, -0.2) is 41.3 Å². The molecular formula is C23H28N2OS. The number of nitrogens with zero attached hydrogens (tertiary/aromatic N) is 2. The van der Waals surface area contributed by atoms with Crippen molar-refractivity contribution in [3.8, 4) is 0 Å². The molecule has 142 valence electrons. The number of carbonyl (C=O) groups excluding carboxylic acids is 1. The van der Waals surface area contributed by atoms with Crippen LogP contribution in [0.15, 0.2) is 54.6 Å². The molecule has 0 N–H and O–H groups in total. The van der Waals surface area contributed by atoms with Crippen LogP contribution in [0.2, 0.25) is 0 Å². The van der Waals surface area contributed by atoms with Gasteiger partial charge in [0.1, 0.15) is 0 Å². The van der Waals surface area contributed by atoms with E-state index in [9.17, 15) is 4.79 Å². The molecule has 0 aromatic heterocycles. The summed E-state index contributed by atoms with van der Waals surface area (Å²) in [6.45, 7) is 4.34. The van der Waals surface area contributed by atoms with Gasteiger partial charge in [0, 0.05) is 17.9 Å². The molecule has 4 rings (SSSR count). The molecule has 0 unspecified atom stereocenters. The summed E-state index contributed by atoms with van der Waals surface area (Å²) in [5.74, 6) is 1.91. The highest BCUT2D eigenvalue weighted by Gasteiger charge is 2.25. The first kappa shape index (κ1) is 18.6. The highest BCUT2D eigenvalue weighted by molar-refractivity contribution is 7.96. The van der Waals surface area contributed by atoms with Crippen LogP contribution in [0.25, 0.3) is 0 Å². The minimum Gasteiger partial charge on any atom is -0.303 e. The number of fused-ring (bicyclic) bond motifs is 1. The molecule has 27 heavy (non-hydrogen) atoms. The van der Waals surface area contributed by atoms with E-state index >= 15 is 0 Å².